The molecular formula is C12H13BrN4O2. The summed E-state index contributed by atoms with van der Waals surface area (Å²) in [5, 5.41) is 18.3. The maximum Gasteiger partial charge on any atom is 0.293 e. The lowest BCUT2D eigenvalue weighted by atomic mass is 10.2. The summed E-state index contributed by atoms with van der Waals surface area (Å²) in [5.74, 6) is 0. The van der Waals surface area contributed by atoms with E-state index >= 15 is 0 Å². The first kappa shape index (κ1) is 13.5. The Balaban J connectivity index is 2.01. The van der Waals surface area contributed by atoms with Crippen LogP contribution in [0.15, 0.2) is 34.9 Å². The minimum Gasteiger partial charge on any atom is -0.379 e. The SMILES string of the molecule is Cn1ccc(CCNc2ccc(Br)cc2[N+](=O)[O-])n1. The van der Waals surface area contributed by atoms with Crippen LogP contribution in [0.4, 0.5) is 11.4 Å². The highest BCUT2D eigenvalue weighted by molar-refractivity contribution is 9.10. The third-order valence-electron chi connectivity index (χ3n) is 2.62. The molecule has 0 aliphatic carbocycles. The Kier molecular flexibility index (Phi) is 4.16. The first-order valence-electron chi connectivity index (χ1n) is 5.72. The first-order valence-corrected chi connectivity index (χ1v) is 6.52. The summed E-state index contributed by atoms with van der Waals surface area (Å²) in [6.07, 6.45) is 2.59. The van der Waals surface area contributed by atoms with Gasteiger partial charge in [-0.2, -0.15) is 5.10 Å². The van der Waals surface area contributed by atoms with Crippen molar-refractivity contribution in [1.29, 1.82) is 0 Å². The molecule has 0 saturated carbocycles. The highest BCUT2D eigenvalue weighted by atomic mass is 79.9. The second-order valence-electron chi connectivity index (χ2n) is 4.08. The molecule has 1 heterocycles. The van der Waals surface area contributed by atoms with Gasteiger partial charge in [-0.1, -0.05) is 15.9 Å². The smallest absolute Gasteiger partial charge is 0.293 e. The Morgan fingerprint density at radius 3 is 2.89 bits per heavy atom. The van der Waals surface area contributed by atoms with E-state index in [0.717, 1.165) is 5.69 Å². The molecule has 0 aliphatic rings. The molecule has 0 fully saturated rings. The number of nitrogens with zero attached hydrogens (tertiary/aromatic N) is 3. The average molecular weight is 325 g/mol. The normalized spacial score (nSPS) is 10.4. The predicted molar refractivity (Wildman–Crippen MR) is 76.2 cm³/mol. The number of nitro groups is 1. The molecule has 19 heavy (non-hydrogen) atoms. The second kappa shape index (κ2) is 5.83. The zero-order valence-electron chi connectivity index (χ0n) is 10.3. The molecule has 1 N–H and O–H groups in total. The van der Waals surface area contributed by atoms with Crippen molar-refractivity contribution in [3.63, 3.8) is 0 Å². The van der Waals surface area contributed by atoms with Gasteiger partial charge in [-0.3, -0.25) is 14.8 Å². The van der Waals surface area contributed by atoms with Gasteiger partial charge in [-0.15, -0.1) is 0 Å². The molecule has 0 unspecified atom stereocenters. The minimum absolute atomic E-state index is 0.0652. The fourth-order valence-corrected chi connectivity index (χ4v) is 2.08. The molecule has 100 valence electrons. The van der Waals surface area contributed by atoms with E-state index in [4.69, 9.17) is 0 Å². The number of halogens is 1. The summed E-state index contributed by atoms with van der Waals surface area (Å²) in [7, 11) is 1.86. The molecule has 0 amide bonds. The van der Waals surface area contributed by atoms with Gasteiger partial charge in [0.1, 0.15) is 5.69 Å². The van der Waals surface area contributed by atoms with E-state index in [9.17, 15) is 10.1 Å². The number of aromatic nitrogens is 2. The molecule has 0 aliphatic heterocycles. The van der Waals surface area contributed by atoms with Crippen molar-refractivity contribution in [2.75, 3.05) is 11.9 Å². The van der Waals surface area contributed by atoms with Gasteiger partial charge in [0.05, 0.1) is 10.6 Å². The number of benzene rings is 1. The highest BCUT2D eigenvalue weighted by Crippen LogP contribution is 2.27. The Hall–Kier alpha value is -1.89. The molecule has 7 heteroatoms. The van der Waals surface area contributed by atoms with Gasteiger partial charge in [-0.25, -0.2) is 0 Å². The van der Waals surface area contributed by atoms with Gasteiger partial charge in [-0.05, 0) is 18.2 Å². The Morgan fingerprint density at radius 1 is 1.47 bits per heavy atom. The maximum atomic E-state index is 10.9. The summed E-state index contributed by atoms with van der Waals surface area (Å²) in [4.78, 5) is 10.5. The third kappa shape index (κ3) is 3.54. The maximum absolute atomic E-state index is 10.9. The summed E-state index contributed by atoms with van der Waals surface area (Å²) < 4.78 is 2.42. The summed E-state index contributed by atoms with van der Waals surface area (Å²) >= 11 is 3.23. The minimum atomic E-state index is -0.395. The van der Waals surface area contributed by atoms with E-state index in [-0.39, 0.29) is 5.69 Å². The van der Waals surface area contributed by atoms with Crippen molar-refractivity contribution < 1.29 is 4.92 Å². The molecule has 2 rings (SSSR count). The van der Waals surface area contributed by atoms with Crippen LogP contribution in [0.5, 0.6) is 0 Å². The van der Waals surface area contributed by atoms with E-state index in [1.54, 1.807) is 16.8 Å². The van der Waals surface area contributed by atoms with Gasteiger partial charge in [0.25, 0.3) is 5.69 Å². The van der Waals surface area contributed by atoms with Crippen molar-refractivity contribution in [3.8, 4) is 0 Å². The van der Waals surface area contributed by atoms with Crippen molar-refractivity contribution in [1.82, 2.24) is 9.78 Å². The van der Waals surface area contributed by atoms with Crippen LogP contribution in [0.1, 0.15) is 5.69 Å². The molecule has 6 nitrogen and oxygen atoms in total. The van der Waals surface area contributed by atoms with Gasteiger partial charge in [0, 0.05) is 36.7 Å². The van der Waals surface area contributed by atoms with Crippen LogP contribution >= 0.6 is 15.9 Å². The number of hydrogen-bond donors (Lipinski definition) is 1. The standard InChI is InChI=1S/C12H13BrN4O2/c1-16-7-5-10(15-16)4-6-14-11-3-2-9(13)8-12(11)17(18)19/h2-3,5,7-8,14H,4,6H2,1H3. The van der Waals surface area contributed by atoms with Crippen molar-refractivity contribution in [2.24, 2.45) is 7.05 Å². The van der Waals surface area contributed by atoms with Crippen LogP contribution in [0, 0.1) is 10.1 Å². The van der Waals surface area contributed by atoms with E-state index in [0.29, 0.717) is 23.1 Å². The molecule has 0 bridgehead atoms. The second-order valence-corrected chi connectivity index (χ2v) is 4.99. The highest BCUT2D eigenvalue weighted by Gasteiger charge is 2.13. The van der Waals surface area contributed by atoms with Crippen LogP contribution in [-0.4, -0.2) is 21.2 Å². The van der Waals surface area contributed by atoms with Crippen LogP contribution in [0.25, 0.3) is 0 Å². The lowest BCUT2D eigenvalue weighted by Gasteiger charge is -2.06. The number of nitro benzene ring substituents is 1. The van der Waals surface area contributed by atoms with E-state index in [2.05, 4.69) is 26.3 Å². The Morgan fingerprint density at radius 2 is 2.26 bits per heavy atom. The summed E-state index contributed by atoms with van der Waals surface area (Å²) in [5.41, 5.74) is 1.54. The van der Waals surface area contributed by atoms with E-state index in [1.807, 2.05) is 19.3 Å². The molecule has 1 aromatic heterocycles. The average Bonchev–Trinajstić information content (AvgIpc) is 2.77. The van der Waals surface area contributed by atoms with Gasteiger partial charge >= 0.3 is 0 Å². The zero-order chi connectivity index (χ0) is 13.8. The number of anilines is 1. The number of nitrogens with one attached hydrogen (secondary N) is 1. The monoisotopic (exact) mass is 324 g/mol. The Bertz CT molecular complexity index is 597. The van der Waals surface area contributed by atoms with Crippen molar-refractivity contribution in [2.45, 2.75) is 6.42 Å². The molecule has 2 aromatic rings. The van der Waals surface area contributed by atoms with Gasteiger partial charge < -0.3 is 5.32 Å². The third-order valence-corrected chi connectivity index (χ3v) is 3.12. The molecular weight excluding hydrogens is 312 g/mol. The first-order chi connectivity index (χ1) is 9.06. The molecule has 0 spiro atoms. The zero-order valence-corrected chi connectivity index (χ0v) is 11.9. The molecule has 0 saturated heterocycles. The van der Waals surface area contributed by atoms with E-state index < -0.39 is 4.92 Å². The van der Waals surface area contributed by atoms with Gasteiger partial charge in [0.2, 0.25) is 0 Å². The van der Waals surface area contributed by atoms with Crippen LogP contribution < -0.4 is 5.32 Å². The molecule has 0 atom stereocenters. The number of rotatable bonds is 5. The Labute approximate surface area is 118 Å². The lowest BCUT2D eigenvalue weighted by Crippen LogP contribution is -2.07. The van der Waals surface area contributed by atoms with Crippen LogP contribution in [0.2, 0.25) is 0 Å². The lowest BCUT2D eigenvalue weighted by molar-refractivity contribution is -0.384. The quantitative estimate of drug-likeness (QED) is 0.678. The number of hydrogen-bond acceptors (Lipinski definition) is 4. The number of aryl methyl sites for hydroxylation is 1. The fourth-order valence-electron chi connectivity index (χ4n) is 1.73. The summed E-state index contributed by atoms with van der Waals surface area (Å²) in [6, 6.07) is 6.89. The van der Waals surface area contributed by atoms with E-state index in [1.165, 1.54) is 6.07 Å². The van der Waals surface area contributed by atoms with Crippen LogP contribution in [0.3, 0.4) is 0 Å². The fraction of sp³-hybridized carbons (Fsp3) is 0.250. The molecule has 0 radical (unpaired) electrons. The molecule has 1 aromatic carbocycles. The van der Waals surface area contributed by atoms with Crippen molar-refractivity contribution in [3.05, 3.63) is 50.7 Å². The topological polar surface area (TPSA) is 73.0 Å². The largest absolute Gasteiger partial charge is 0.379 e. The van der Waals surface area contributed by atoms with Crippen LogP contribution in [-0.2, 0) is 13.5 Å². The summed E-state index contributed by atoms with van der Waals surface area (Å²) in [6.45, 7) is 0.597. The predicted octanol–water partition coefficient (Wildman–Crippen LogP) is 2.75. The van der Waals surface area contributed by atoms with Gasteiger partial charge in [0.15, 0.2) is 0 Å². The van der Waals surface area contributed by atoms with Crippen molar-refractivity contribution >= 4 is 27.3 Å².